The van der Waals surface area contributed by atoms with E-state index in [-0.39, 0.29) is 5.91 Å². The first-order valence-corrected chi connectivity index (χ1v) is 5.34. The Labute approximate surface area is 89.9 Å². The summed E-state index contributed by atoms with van der Waals surface area (Å²) in [5.74, 6) is 0.0969. The van der Waals surface area contributed by atoms with Crippen LogP contribution >= 0.6 is 0 Å². The van der Waals surface area contributed by atoms with Crippen molar-refractivity contribution in [2.24, 2.45) is 0 Å². The van der Waals surface area contributed by atoms with Crippen molar-refractivity contribution in [3.63, 3.8) is 0 Å². The van der Waals surface area contributed by atoms with Gasteiger partial charge < -0.3 is 10.6 Å². The van der Waals surface area contributed by atoms with Crippen LogP contribution < -0.4 is 10.6 Å². The van der Waals surface area contributed by atoms with Crippen LogP contribution in [0.15, 0.2) is 18.2 Å². The fraction of sp³-hybridized carbons (Fsp3) is 0.417. The second kappa shape index (κ2) is 4.03. The number of carbonyl (C=O) groups excluding carboxylic acids is 1. The number of anilines is 1. The normalized spacial score (nSPS) is 16.0. The maximum atomic E-state index is 11.2. The van der Waals surface area contributed by atoms with Crippen LogP contribution in [-0.4, -0.2) is 13.0 Å². The van der Waals surface area contributed by atoms with E-state index >= 15 is 0 Å². The van der Waals surface area contributed by atoms with Gasteiger partial charge in [0.2, 0.25) is 5.91 Å². The van der Waals surface area contributed by atoms with Gasteiger partial charge in [0.05, 0.1) is 6.42 Å². The molecule has 0 spiro atoms. The maximum absolute atomic E-state index is 11.2. The minimum Gasteiger partial charge on any atom is -0.326 e. The lowest BCUT2D eigenvalue weighted by Gasteiger charge is -2.15. The smallest absolute Gasteiger partial charge is 0.228 e. The van der Waals surface area contributed by atoms with Crippen LogP contribution in [0.4, 0.5) is 5.69 Å². The molecule has 0 radical (unpaired) electrons. The van der Waals surface area contributed by atoms with Crippen LogP contribution in [0.3, 0.4) is 0 Å². The highest BCUT2D eigenvalue weighted by Crippen LogP contribution is 2.27. The average Bonchev–Trinajstić information content (AvgIpc) is 2.59. The van der Waals surface area contributed by atoms with Gasteiger partial charge in [0, 0.05) is 11.7 Å². The third-order valence-electron chi connectivity index (χ3n) is 2.91. The van der Waals surface area contributed by atoms with Gasteiger partial charge >= 0.3 is 0 Å². The molecular weight excluding hydrogens is 188 g/mol. The predicted octanol–water partition coefficient (Wildman–Crippen LogP) is 1.85. The van der Waals surface area contributed by atoms with Gasteiger partial charge in [-0.3, -0.25) is 4.79 Å². The number of hydrogen-bond donors (Lipinski definition) is 2. The van der Waals surface area contributed by atoms with Gasteiger partial charge in [-0.2, -0.15) is 0 Å². The third-order valence-corrected chi connectivity index (χ3v) is 2.91. The first-order chi connectivity index (χ1) is 7.24. The number of rotatable bonds is 3. The quantitative estimate of drug-likeness (QED) is 0.789. The van der Waals surface area contributed by atoms with Crippen molar-refractivity contribution in [3.8, 4) is 0 Å². The van der Waals surface area contributed by atoms with Crippen LogP contribution in [0.5, 0.6) is 0 Å². The predicted molar refractivity (Wildman–Crippen MR) is 60.9 cm³/mol. The topological polar surface area (TPSA) is 41.1 Å². The number of fused-ring (bicyclic) bond motifs is 1. The van der Waals surface area contributed by atoms with Gasteiger partial charge in [-0.05, 0) is 30.7 Å². The van der Waals surface area contributed by atoms with Crippen LogP contribution in [-0.2, 0) is 11.2 Å². The molecule has 15 heavy (non-hydrogen) atoms. The molecule has 0 bridgehead atoms. The van der Waals surface area contributed by atoms with Crippen LogP contribution in [0.1, 0.15) is 30.5 Å². The average molecular weight is 204 g/mol. The Balaban J connectivity index is 2.30. The van der Waals surface area contributed by atoms with Gasteiger partial charge in [-0.25, -0.2) is 0 Å². The number of amides is 1. The summed E-state index contributed by atoms with van der Waals surface area (Å²) in [5, 5.41) is 6.11. The summed E-state index contributed by atoms with van der Waals surface area (Å²) < 4.78 is 0. The highest BCUT2D eigenvalue weighted by molar-refractivity contribution is 5.99. The van der Waals surface area contributed by atoms with E-state index in [0.29, 0.717) is 12.5 Å². The summed E-state index contributed by atoms with van der Waals surface area (Å²) >= 11 is 0. The molecule has 2 N–H and O–H groups in total. The lowest BCUT2D eigenvalue weighted by Crippen LogP contribution is -2.15. The minimum absolute atomic E-state index is 0.0969. The van der Waals surface area contributed by atoms with Crippen molar-refractivity contribution < 1.29 is 4.79 Å². The summed E-state index contributed by atoms with van der Waals surface area (Å²) in [7, 11) is 1.96. The van der Waals surface area contributed by atoms with E-state index in [0.717, 1.165) is 17.7 Å². The van der Waals surface area contributed by atoms with Gasteiger partial charge in [0.1, 0.15) is 0 Å². The van der Waals surface area contributed by atoms with Crippen molar-refractivity contribution in [2.45, 2.75) is 25.8 Å². The number of nitrogens with one attached hydrogen (secondary N) is 2. The highest BCUT2D eigenvalue weighted by atomic mass is 16.1. The second-order valence-corrected chi connectivity index (χ2v) is 3.89. The molecule has 3 nitrogen and oxygen atoms in total. The van der Waals surface area contributed by atoms with Gasteiger partial charge in [0.15, 0.2) is 0 Å². The monoisotopic (exact) mass is 204 g/mol. The molecule has 3 heteroatoms. The molecule has 1 amide bonds. The van der Waals surface area contributed by atoms with E-state index in [4.69, 9.17) is 0 Å². The summed E-state index contributed by atoms with van der Waals surface area (Å²) in [6, 6.07) is 6.58. The van der Waals surface area contributed by atoms with Crippen molar-refractivity contribution in [3.05, 3.63) is 29.3 Å². The Kier molecular flexibility index (Phi) is 2.73. The molecule has 0 aromatic heterocycles. The van der Waals surface area contributed by atoms with E-state index in [1.807, 2.05) is 13.1 Å². The first kappa shape index (κ1) is 10.2. The van der Waals surface area contributed by atoms with Gasteiger partial charge in [-0.15, -0.1) is 0 Å². The first-order valence-electron chi connectivity index (χ1n) is 5.34. The Morgan fingerprint density at radius 3 is 3.00 bits per heavy atom. The molecule has 1 atom stereocenters. The SMILES string of the molecule is CCC(NC)c1ccc2c(c1)CC(=O)N2. The van der Waals surface area contributed by atoms with E-state index in [2.05, 4.69) is 29.7 Å². The molecule has 1 aromatic carbocycles. The Morgan fingerprint density at radius 1 is 1.53 bits per heavy atom. The fourth-order valence-electron chi connectivity index (χ4n) is 2.07. The zero-order valence-electron chi connectivity index (χ0n) is 9.13. The molecule has 0 fully saturated rings. The number of carbonyl (C=O) groups is 1. The molecule has 1 unspecified atom stereocenters. The van der Waals surface area contributed by atoms with E-state index in [1.165, 1.54) is 5.56 Å². The molecule has 0 aliphatic carbocycles. The minimum atomic E-state index is 0.0969. The standard InChI is InChI=1S/C12H16N2O/c1-3-10(13-2)8-4-5-11-9(6-8)7-12(15)14-11/h4-6,10,13H,3,7H2,1-2H3,(H,14,15). The molecule has 1 heterocycles. The van der Waals surface area contributed by atoms with Crippen LogP contribution in [0.2, 0.25) is 0 Å². The molecule has 1 aromatic rings. The second-order valence-electron chi connectivity index (χ2n) is 3.89. The molecule has 0 saturated carbocycles. The summed E-state index contributed by atoms with van der Waals surface area (Å²) in [5.41, 5.74) is 3.34. The van der Waals surface area contributed by atoms with Crippen molar-refractivity contribution in [1.82, 2.24) is 5.32 Å². The Morgan fingerprint density at radius 2 is 2.33 bits per heavy atom. The summed E-state index contributed by atoms with van der Waals surface area (Å²) in [4.78, 5) is 11.2. The number of hydrogen-bond acceptors (Lipinski definition) is 2. The molecule has 0 saturated heterocycles. The van der Waals surface area contributed by atoms with Gasteiger partial charge in [-0.1, -0.05) is 19.1 Å². The highest BCUT2D eigenvalue weighted by Gasteiger charge is 2.18. The van der Waals surface area contributed by atoms with Crippen molar-refractivity contribution in [2.75, 3.05) is 12.4 Å². The lowest BCUT2D eigenvalue weighted by molar-refractivity contribution is -0.115. The summed E-state index contributed by atoms with van der Waals surface area (Å²) in [6.07, 6.45) is 1.57. The molecule has 80 valence electrons. The van der Waals surface area contributed by atoms with Crippen molar-refractivity contribution >= 4 is 11.6 Å². The number of benzene rings is 1. The molecule has 1 aliphatic rings. The van der Waals surface area contributed by atoms with E-state index in [9.17, 15) is 4.79 Å². The van der Waals surface area contributed by atoms with Gasteiger partial charge in [0.25, 0.3) is 0 Å². The lowest BCUT2D eigenvalue weighted by atomic mass is 10.0. The third kappa shape index (κ3) is 1.88. The van der Waals surface area contributed by atoms with Crippen LogP contribution in [0.25, 0.3) is 0 Å². The Hall–Kier alpha value is -1.35. The van der Waals surface area contributed by atoms with Crippen LogP contribution in [0, 0.1) is 0 Å². The van der Waals surface area contributed by atoms with E-state index < -0.39 is 0 Å². The maximum Gasteiger partial charge on any atom is 0.228 e. The van der Waals surface area contributed by atoms with Crippen molar-refractivity contribution in [1.29, 1.82) is 0 Å². The molecule has 2 rings (SSSR count). The molecule has 1 aliphatic heterocycles. The zero-order chi connectivity index (χ0) is 10.8. The Bertz CT molecular complexity index is 383. The van der Waals surface area contributed by atoms with E-state index in [1.54, 1.807) is 0 Å². The largest absolute Gasteiger partial charge is 0.326 e. The molecular formula is C12H16N2O. The summed E-state index contributed by atoms with van der Waals surface area (Å²) in [6.45, 7) is 2.15. The zero-order valence-corrected chi connectivity index (χ0v) is 9.13. The fourth-order valence-corrected chi connectivity index (χ4v) is 2.07.